The van der Waals surface area contributed by atoms with Gasteiger partial charge in [0.15, 0.2) is 0 Å². The molecular formula is C13H21NO4. The van der Waals surface area contributed by atoms with E-state index >= 15 is 0 Å². The first-order valence-corrected chi connectivity index (χ1v) is 6.33. The summed E-state index contributed by atoms with van der Waals surface area (Å²) in [6, 6.07) is -0.0254. The van der Waals surface area contributed by atoms with Crippen LogP contribution in [0.3, 0.4) is 0 Å². The fourth-order valence-corrected chi connectivity index (χ4v) is 2.13. The fourth-order valence-electron chi connectivity index (χ4n) is 2.13. The van der Waals surface area contributed by atoms with E-state index < -0.39 is 5.97 Å². The molecule has 0 saturated carbocycles. The largest absolute Gasteiger partial charge is 0.480 e. The number of hydrogen-bond acceptors (Lipinski definition) is 3. The van der Waals surface area contributed by atoms with Gasteiger partial charge in [0.25, 0.3) is 0 Å². The third-order valence-electron chi connectivity index (χ3n) is 3.05. The molecule has 0 aromatic rings. The smallest absolute Gasteiger partial charge is 0.323 e. The molecule has 1 amide bonds. The maximum absolute atomic E-state index is 12.2. The van der Waals surface area contributed by atoms with Crippen molar-refractivity contribution in [1.82, 2.24) is 4.90 Å². The first-order chi connectivity index (χ1) is 8.56. The van der Waals surface area contributed by atoms with Crippen molar-refractivity contribution in [2.45, 2.75) is 39.2 Å². The predicted octanol–water partition coefficient (Wildman–Crippen LogP) is 1.43. The lowest BCUT2D eigenvalue weighted by atomic mass is 10.1. The number of amides is 1. The van der Waals surface area contributed by atoms with Crippen LogP contribution < -0.4 is 0 Å². The molecule has 5 nitrogen and oxygen atoms in total. The molecule has 102 valence electrons. The number of allylic oxidation sites excluding steroid dienone is 1. The molecular weight excluding hydrogens is 234 g/mol. The minimum absolute atomic E-state index is 0.0254. The van der Waals surface area contributed by atoms with Gasteiger partial charge in [0.05, 0.1) is 0 Å². The minimum Gasteiger partial charge on any atom is -0.480 e. The average Bonchev–Trinajstić information content (AvgIpc) is 2.36. The highest BCUT2D eigenvalue weighted by molar-refractivity contribution is 5.94. The minimum atomic E-state index is -0.973. The molecule has 0 radical (unpaired) electrons. The van der Waals surface area contributed by atoms with Crippen LogP contribution >= 0.6 is 0 Å². The van der Waals surface area contributed by atoms with Crippen LogP contribution in [0.15, 0.2) is 11.6 Å². The molecule has 1 rings (SSSR count). The molecule has 0 aromatic heterocycles. The standard InChI is InChI=1S/C13H21NO4/c1-3-4-10(2)13(17)14(9-12(15)16)11-5-7-18-8-6-11/h4,11H,3,5-9H2,1-2H3,(H,15,16). The summed E-state index contributed by atoms with van der Waals surface area (Å²) in [4.78, 5) is 24.6. The number of ether oxygens (including phenoxy) is 1. The molecule has 1 saturated heterocycles. The molecule has 1 heterocycles. The number of hydrogen-bond donors (Lipinski definition) is 1. The Hall–Kier alpha value is -1.36. The molecule has 0 spiro atoms. The summed E-state index contributed by atoms with van der Waals surface area (Å²) in [5, 5.41) is 8.93. The van der Waals surface area contributed by atoms with Crippen LogP contribution in [-0.2, 0) is 14.3 Å². The molecule has 0 unspecified atom stereocenters. The molecule has 1 fully saturated rings. The molecule has 0 atom stereocenters. The lowest BCUT2D eigenvalue weighted by Gasteiger charge is -2.33. The quantitative estimate of drug-likeness (QED) is 0.755. The number of carbonyl (C=O) groups is 2. The Bertz CT molecular complexity index is 332. The van der Waals surface area contributed by atoms with Crippen molar-refractivity contribution in [3.63, 3.8) is 0 Å². The summed E-state index contributed by atoms with van der Waals surface area (Å²) in [6.45, 7) is 4.63. The number of aliphatic carboxylic acids is 1. The lowest BCUT2D eigenvalue weighted by molar-refractivity contribution is -0.145. The summed E-state index contributed by atoms with van der Waals surface area (Å²) < 4.78 is 5.24. The van der Waals surface area contributed by atoms with E-state index in [1.54, 1.807) is 6.92 Å². The van der Waals surface area contributed by atoms with E-state index in [0.29, 0.717) is 31.6 Å². The second kappa shape index (κ2) is 7.16. The van der Waals surface area contributed by atoms with Gasteiger partial charge in [-0.3, -0.25) is 9.59 Å². The van der Waals surface area contributed by atoms with E-state index in [2.05, 4.69) is 0 Å². The van der Waals surface area contributed by atoms with Crippen LogP contribution in [0.5, 0.6) is 0 Å². The van der Waals surface area contributed by atoms with Gasteiger partial charge in [-0.2, -0.15) is 0 Å². The van der Waals surface area contributed by atoms with E-state index in [9.17, 15) is 9.59 Å². The van der Waals surface area contributed by atoms with Gasteiger partial charge < -0.3 is 14.7 Å². The SMILES string of the molecule is CCC=C(C)C(=O)N(CC(=O)O)C1CCOCC1. The van der Waals surface area contributed by atoms with Gasteiger partial charge in [-0.05, 0) is 26.2 Å². The van der Waals surface area contributed by atoms with Crippen LogP contribution in [0.25, 0.3) is 0 Å². The van der Waals surface area contributed by atoms with Gasteiger partial charge in [-0.1, -0.05) is 13.0 Å². The van der Waals surface area contributed by atoms with Crippen LogP contribution in [0, 0.1) is 0 Å². The van der Waals surface area contributed by atoms with Gasteiger partial charge in [-0.15, -0.1) is 0 Å². The topological polar surface area (TPSA) is 66.8 Å². The van der Waals surface area contributed by atoms with Gasteiger partial charge in [-0.25, -0.2) is 0 Å². The Kier molecular flexibility index (Phi) is 5.85. The van der Waals surface area contributed by atoms with Crippen LogP contribution in [0.2, 0.25) is 0 Å². The van der Waals surface area contributed by atoms with Crippen molar-refractivity contribution in [3.8, 4) is 0 Å². The van der Waals surface area contributed by atoms with Gasteiger partial charge in [0.2, 0.25) is 5.91 Å². The van der Waals surface area contributed by atoms with Crippen LogP contribution in [-0.4, -0.2) is 47.7 Å². The second-order valence-corrected chi connectivity index (χ2v) is 4.47. The summed E-state index contributed by atoms with van der Waals surface area (Å²) in [5.74, 6) is -1.15. The van der Waals surface area contributed by atoms with Crippen molar-refractivity contribution in [2.75, 3.05) is 19.8 Å². The Morgan fingerprint density at radius 2 is 2.00 bits per heavy atom. The van der Waals surface area contributed by atoms with Gasteiger partial charge in [0, 0.05) is 24.8 Å². The maximum Gasteiger partial charge on any atom is 0.323 e. The third kappa shape index (κ3) is 4.14. The number of carboxylic acids is 1. The highest BCUT2D eigenvalue weighted by Crippen LogP contribution is 2.17. The van der Waals surface area contributed by atoms with Crippen LogP contribution in [0.4, 0.5) is 0 Å². The van der Waals surface area contributed by atoms with Crippen molar-refractivity contribution in [3.05, 3.63) is 11.6 Å². The van der Waals surface area contributed by atoms with E-state index in [0.717, 1.165) is 6.42 Å². The summed E-state index contributed by atoms with van der Waals surface area (Å²) in [5.41, 5.74) is 0.616. The molecule has 5 heteroatoms. The first-order valence-electron chi connectivity index (χ1n) is 6.33. The Labute approximate surface area is 107 Å². The van der Waals surface area contributed by atoms with Gasteiger partial charge in [0.1, 0.15) is 6.54 Å². The second-order valence-electron chi connectivity index (χ2n) is 4.47. The number of nitrogens with zero attached hydrogens (tertiary/aromatic N) is 1. The first kappa shape index (κ1) is 14.7. The zero-order chi connectivity index (χ0) is 13.5. The molecule has 0 aromatic carbocycles. The van der Waals surface area contributed by atoms with E-state index in [1.165, 1.54) is 4.90 Å². The van der Waals surface area contributed by atoms with E-state index in [1.807, 2.05) is 13.0 Å². The molecule has 1 aliphatic heterocycles. The Balaban J connectivity index is 2.79. The third-order valence-corrected chi connectivity index (χ3v) is 3.05. The predicted molar refractivity (Wildman–Crippen MR) is 67.2 cm³/mol. The zero-order valence-electron chi connectivity index (χ0n) is 11.0. The Morgan fingerprint density at radius 1 is 1.39 bits per heavy atom. The van der Waals surface area contributed by atoms with Crippen molar-refractivity contribution in [2.24, 2.45) is 0 Å². The number of rotatable bonds is 5. The highest BCUT2D eigenvalue weighted by Gasteiger charge is 2.27. The summed E-state index contributed by atoms with van der Waals surface area (Å²) >= 11 is 0. The van der Waals surface area contributed by atoms with E-state index in [-0.39, 0.29) is 18.5 Å². The zero-order valence-corrected chi connectivity index (χ0v) is 11.0. The van der Waals surface area contributed by atoms with Crippen LogP contribution in [0.1, 0.15) is 33.1 Å². The number of carboxylic acid groups (broad SMARTS) is 1. The fraction of sp³-hybridized carbons (Fsp3) is 0.692. The summed E-state index contributed by atoms with van der Waals surface area (Å²) in [6.07, 6.45) is 4.01. The van der Waals surface area contributed by atoms with Gasteiger partial charge >= 0.3 is 5.97 Å². The van der Waals surface area contributed by atoms with E-state index in [4.69, 9.17) is 9.84 Å². The Morgan fingerprint density at radius 3 is 2.50 bits per heavy atom. The van der Waals surface area contributed by atoms with Crippen molar-refractivity contribution in [1.29, 1.82) is 0 Å². The molecule has 0 aliphatic carbocycles. The molecule has 0 bridgehead atoms. The monoisotopic (exact) mass is 255 g/mol. The maximum atomic E-state index is 12.2. The lowest BCUT2D eigenvalue weighted by Crippen LogP contribution is -2.46. The molecule has 1 aliphatic rings. The molecule has 18 heavy (non-hydrogen) atoms. The normalized spacial score (nSPS) is 17.6. The highest BCUT2D eigenvalue weighted by atomic mass is 16.5. The number of carbonyl (C=O) groups excluding carboxylic acids is 1. The van der Waals surface area contributed by atoms with Crippen molar-refractivity contribution < 1.29 is 19.4 Å². The molecule has 1 N–H and O–H groups in total. The average molecular weight is 255 g/mol. The van der Waals surface area contributed by atoms with Crippen molar-refractivity contribution >= 4 is 11.9 Å². The summed E-state index contributed by atoms with van der Waals surface area (Å²) in [7, 11) is 0.